The number of carboxylic acids is 1. The third kappa shape index (κ3) is 5.77. The lowest BCUT2D eigenvalue weighted by atomic mass is 10.0. The summed E-state index contributed by atoms with van der Waals surface area (Å²) >= 11 is 0. The van der Waals surface area contributed by atoms with Gasteiger partial charge in [-0.3, -0.25) is 19.7 Å². The number of nitrogens with one attached hydrogen (secondary N) is 2. The number of benzene rings is 2. The molecule has 2 amide bonds. The first kappa shape index (κ1) is 22.3. The molecule has 2 rings (SSSR count). The second-order valence-corrected chi connectivity index (χ2v) is 6.73. The normalized spacial score (nSPS) is 13.4. The standard InChI is InChI=1S/C20H21N3O7/c1-13(21-18(25)14-7-6-8-15(11-14)23(28)29)17(24)22-20(2,19(26)27)12-30-16-9-4-3-5-10-16/h3-11,13H,12H2,1-2H3,(H,21,25)(H,22,24)(H,26,27)/t13-,20-/m0/s1. The molecule has 0 bridgehead atoms. The zero-order valence-corrected chi connectivity index (χ0v) is 16.3. The highest BCUT2D eigenvalue weighted by Crippen LogP contribution is 2.14. The van der Waals surface area contributed by atoms with Crippen molar-refractivity contribution < 1.29 is 29.2 Å². The Hall–Kier alpha value is -3.95. The van der Waals surface area contributed by atoms with Gasteiger partial charge in [-0.15, -0.1) is 0 Å². The van der Waals surface area contributed by atoms with E-state index in [0.29, 0.717) is 5.75 Å². The summed E-state index contributed by atoms with van der Waals surface area (Å²) in [6.07, 6.45) is 0. The molecule has 0 aliphatic heterocycles. The number of hydrogen-bond acceptors (Lipinski definition) is 6. The first-order chi connectivity index (χ1) is 14.1. The van der Waals surface area contributed by atoms with Gasteiger partial charge in [-0.05, 0) is 32.0 Å². The third-order valence-electron chi connectivity index (χ3n) is 4.20. The highest BCUT2D eigenvalue weighted by Gasteiger charge is 2.37. The van der Waals surface area contributed by atoms with Gasteiger partial charge in [0.15, 0.2) is 5.54 Å². The van der Waals surface area contributed by atoms with Gasteiger partial charge < -0.3 is 20.5 Å². The van der Waals surface area contributed by atoms with Gasteiger partial charge >= 0.3 is 5.97 Å². The molecule has 10 nitrogen and oxygen atoms in total. The Labute approximate surface area is 172 Å². The zero-order chi connectivity index (χ0) is 22.3. The summed E-state index contributed by atoms with van der Waals surface area (Å²) in [6.45, 7) is 2.31. The summed E-state index contributed by atoms with van der Waals surface area (Å²) in [4.78, 5) is 46.6. The van der Waals surface area contributed by atoms with Gasteiger partial charge in [-0.1, -0.05) is 24.3 Å². The molecule has 0 spiro atoms. The van der Waals surface area contributed by atoms with Crippen molar-refractivity contribution in [3.63, 3.8) is 0 Å². The first-order valence-electron chi connectivity index (χ1n) is 8.91. The molecule has 10 heteroatoms. The lowest BCUT2D eigenvalue weighted by Crippen LogP contribution is -2.60. The Morgan fingerprint density at radius 2 is 1.83 bits per heavy atom. The Morgan fingerprint density at radius 1 is 1.17 bits per heavy atom. The van der Waals surface area contributed by atoms with Crippen molar-refractivity contribution in [2.75, 3.05) is 6.61 Å². The largest absolute Gasteiger partial charge is 0.491 e. The average Bonchev–Trinajstić information content (AvgIpc) is 2.72. The molecule has 0 saturated heterocycles. The second-order valence-electron chi connectivity index (χ2n) is 6.73. The van der Waals surface area contributed by atoms with Crippen molar-refractivity contribution in [2.24, 2.45) is 0 Å². The predicted octanol–water partition coefficient (Wildman–Crippen LogP) is 1.75. The number of rotatable bonds is 9. The highest BCUT2D eigenvalue weighted by molar-refractivity contribution is 5.98. The third-order valence-corrected chi connectivity index (χ3v) is 4.20. The Morgan fingerprint density at radius 3 is 2.43 bits per heavy atom. The van der Waals surface area contributed by atoms with E-state index in [2.05, 4.69) is 10.6 Å². The van der Waals surface area contributed by atoms with Crippen LogP contribution in [0.4, 0.5) is 5.69 Å². The van der Waals surface area contributed by atoms with E-state index in [0.717, 1.165) is 6.07 Å². The van der Waals surface area contributed by atoms with Crippen LogP contribution >= 0.6 is 0 Å². The van der Waals surface area contributed by atoms with Crippen LogP contribution in [0.2, 0.25) is 0 Å². The van der Waals surface area contributed by atoms with Gasteiger partial charge in [0, 0.05) is 17.7 Å². The number of aliphatic carboxylic acids is 1. The van der Waals surface area contributed by atoms with E-state index in [1.807, 2.05) is 0 Å². The number of nitro benzene ring substituents is 1. The van der Waals surface area contributed by atoms with Gasteiger partial charge in [0.05, 0.1) is 4.92 Å². The van der Waals surface area contributed by atoms with Crippen molar-refractivity contribution in [1.29, 1.82) is 0 Å². The number of nitro groups is 1. The number of amides is 2. The summed E-state index contributed by atoms with van der Waals surface area (Å²) in [7, 11) is 0. The van der Waals surface area contributed by atoms with Crippen molar-refractivity contribution in [3.8, 4) is 5.75 Å². The molecule has 0 unspecified atom stereocenters. The average molecular weight is 415 g/mol. The second kappa shape index (κ2) is 9.50. The Bertz CT molecular complexity index is 948. The molecule has 30 heavy (non-hydrogen) atoms. The summed E-state index contributed by atoms with van der Waals surface area (Å²) in [6, 6.07) is 12.4. The fourth-order valence-corrected chi connectivity index (χ4v) is 2.38. The number of nitrogens with zero attached hydrogens (tertiary/aromatic N) is 1. The monoisotopic (exact) mass is 415 g/mol. The van der Waals surface area contributed by atoms with Gasteiger partial charge in [0.2, 0.25) is 5.91 Å². The number of para-hydroxylation sites is 1. The minimum Gasteiger partial charge on any atom is -0.491 e. The fraction of sp³-hybridized carbons (Fsp3) is 0.250. The number of carboxylic acid groups (broad SMARTS) is 1. The van der Waals surface area contributed by atoms with E-state index in [1.54, 1.807) is 30.3 Å². The summed E-state index contributed by atoms with van der Waals surface area (Å²) in [5, 5.41) is 25.1. The van der Waals surface area contributed by atoms with Crippen molar-refractivity contribution in [2.45, 2.75) is 25.4 Å². The molecule has 0 aliphatic rings. The van der Waals surface area contributed by atoms with E-state index < -0.39 is 34.3 Å². The molecule has 2 atom stereocenters. The Kier molecular flexibility index (Phi) is 7.08. The molecule has 0 heterocycles. The van der Waals surface area contributed by atoms with Crippen LogP contribution in [-0.2, 0) is 9.59 Å². The molecule has 0 radical (unpaired) electrons. The van der Waals surface area contributed by atoms with E-state index in [4.69, 9.17) is 4.74 Å². The fourth-order valence-electron chi connectivity index (χ4n) is 2.38. The van der Waals surface area contributed by atoms with Crippen LogP contribution in [0, 0.1) is 10.1 Å². The van der Waals surface area contributed by atoms with Crippen LogP contribution in [0.25, 0.3) is 0 Å². The number of carbonyl (C=O) groups is 3. The molecule has 2 aromatic carbocycles. The van der Waals surface area contributed by atoms with E-state index in [9.17, 15) is 29.6 Å². The molecule has 0 fully saturated rings. The molecule has 158 valence electrons. The van der Waals surface area contributed by atoms with E-state index in [1.165, 1.54) is 32.0 Å². The maximum atomic E-state index is 12.5. The van der Waals surface area contributed by atoms with Crippen LogP contribution in [0.3, 0.4) is 0 Å². The quantitative estimate of drug-likeness (QED) is 0.417. The molecule has 2 aromatic rings. The number of hydrogen-bond donors (Lipinski definition) is 3. The highest BCUT2D eigenvalue weighted by atomic mass is 16.6. The van der Waals surface area contributed by atoms with Crippen molar-refractivity contribution in [3.05, 3.63) is 70.3 Å². The molecule has 0 aliphatic carbocycles. The SMILES string of the molecule is C[C@H](NC(=O)c1cccc([N+](=O)[O-])c1)C(=O)N[C@@](C)(COc1ccccc1)C(=O)O. The van der Waals surface area contributed by atoms with Gasteiger partial charge in [-0.2, -0.15) is 0 Å². The van der Waals surface area contributed by atoms with Crippen molar-refractivity contribution in [1.82, 2.24) is 10.6 Å². The maximum absolute atomic E-state index is 12.5. The van der Waals surface area contributed by atoms with Gasteiger partial charge in [-0.25, -0.2) is 4.79 Å². The minimum atomic E-state index is -1.75. The zero-order valence-electron chi connectivity index (χ0n) is 16.3. The number of ether oxygens (including phenoxy) is 1. The topological polar surface area (TPSA) is 148 Å². The molecular formula is C20H21N3O7. The predicted molar refractivity (Wildman–Crippen MR) is 106 cm³/mol. The molecular weight excluding hydrogens is 394 g/mol. The lowest BCUT2D eigenvalue weighted by molar-refractivity contribution is -0.384. The summed E-state index contributed by atoms with van der Waals surface area (Å²) in [5.41, 5.74) is -2.02. The van der Waals surface area contributed by atoms with Gasteiger partial charge in [0.1, 0.15) is 18.4 Å². The lowest BCUT2D eigenvalue weighted by Gasteiger charge is -2.28. The van der Waals surface area contributed by atoms with Crippen LogP contribution in [0.1, 0.15) is 24.2 Å². The summed E-state index contributed by atoms with van der Waals surface area (Å²) < 4.78 is 5.45. The van der Waals surface area contributed by atoms with Crippen LogP contribution in [0.5, 0.6) is 5.75 Å². The van der Waals surface area contributed by atoms with Gasteiger partial charge in [0.25, 0.3) is 11.6 Å². The van der Waals surface area contributed by atoms with E-state index >= 15 is 0 Å². The number of non-ortho nitro benzene ring substituents is 1. The number of carbonyl (C=O) groups excluding carboxylic acids is 2. The molecule has 0 aromatic heterocycles. The van der Waals surface area contributed by atoms with E-state index in [-0.39, 0.29) is 17.9 Å². The molecule has 0 saturated carbocycles. The first-order valence-corrected chi connectivity index (χ1v) is 8.91. The Balaban J connectivity index is 2.02. The van der Waals surface area contributed by atoms with Crippen LogP contribution < -0.4 is 15.4 Å². The minimum absolute atomic E-state index is 0.00254. The maximum Gasteiger partial charge on any atom is 0.332 e. The summed E-state index contributed by atoms with van der Waals surface area (Å²) in [5.74, 6) is -2.34. The van der Waals surface area contributed by atoms with Crippen LogP contribution in [-0.4, -0.2) is 46.0 Å². The van der Waals surface area contributed by atoms with Crippen molar-refractivity contribution >= 4 is 23.5 Å². The van der Waals surface area contributed by atoms with Crippen LogP contribution in [0.15, 0.2) is 54.6 Å². The molecule has 3 N–H and O–H groups in total. The smallest absolute Gasteiger partial charge is 0.332 e.